The van der Waals surface area contributed by atoms with Crippen molar-refractivity contribution in [3.05, 3.63) is 0 Å². The van der Waals surface area contributed by atoms with Crippen molar-refractivity contribution in [2.75, 3.05) is 19.5 Å². The molecule has 0 heterocycles. The molecule has 0 aliphatic rings. The van der Waals surface area contributed by atoms with E-state index in [9.17, 15) is 9.59 Å². The second kappa shape index (κ2) is 7.51. The van der Waals surface area contributed by atoms with Crippen molar-refractivity contribution in [2.45, 2.75) is 33.0 Å². The first-order valence-electron chi connectivity index (χ1n) is 4.98. The summed E-state index contributed by atoms with van der Waals surface area (Å²) in [5, 5.41) is -0.481. The lowest BCUT2D eigenvalue weighted by molar-refractivity contribution is -0.191. The average Bonchev–Trinajstić information content (AvgIpc) is 2.16. The normalized spacial score (nSPS) is 11.0. The van der Waals surface area contributed by atoms with Crippen LogP contribution in [0.15, 0.2) is 0 Å². The van der Waals surface area contributed by atoms with Gasteiger partial charge in [0.1, 0.15) is 0 Å². The van der Waals surface area contributed by atoms with E-state index in [-0.39, 0.29) is 6.42 Å². The van der Waals surface area contributed by atoms with Crippen molar-refractivity contribution in [3.8, 4) is 0 Å². The van der Waals surface area contributed by atoms with Crippen molar-refractivity contribution >= 4 is 23.0 Å². The molecular formula is C10H18O5S. The van der Waals surface area contributed by atoms with Gasteiger partial charge in [-0.15, -0.1) is 0 Å². The lowest BCUT2D eigenvalue weighted by Gasteiger charge is -2.24. The molecule has 0 fully saturated rings. The van der Waals surface area contributed by atoms with Gasteiger partial charge in [-0.25, -0.2) is 4.79 Å². The van der Waals surface area contributed by atoms with Crippen LogP contribution < -0.4 is 0 Å². The molecule has 0 radical (unpaired) electrons. The second-order valence-corrected chi connectivity index (χ2v) is 4.45. The molecule has 5 nitrogen and oxygen atoms in total. The van der Waals surface area contributed by atoms with E-state index >= 15 is 0 Å². The number of carbonyl (C=O) groups is 2. The minimum absolute atomic E-state index is 0.248. The maximum absolute atomic E-state index is 11.3. The predicted octanol–water partition coefficient (Wildman–Crippen LogP) is 2.19. The third-order valence-corrected chi connectivity index (χ3v) is 2.17. The molecule has 0 amide bonds. The third-order valence-electron chi connectivity index (χ3n) is 1.48. The van der Waals surface area contributed by atoms with Crippen LogP contribution >= 0.6 is 11.8 Å². The average molecular weight is 250 g/mol. The minimum Gasteiger partial charge on any atom is -0.423 e. The van der Waals surface area contributed by atoms with Crippen LogP contribution in [0.1, 0.15) is 27.2 Å². The van der Waals surface area contributed by atoms with Crippen molar-refractivity contribution in [1.29, 1.82) is 0 Å². The predicted molar refractivity (Wildman–Crippen MR) is 61.3 cm³/mol. The van der Waals surface area contributed by atoms with Gasteiger partial charge >= 0.3 is 11.3 Å². The van der Waals surface area contributed by atoms with Gasteiger partial charge in [0.15, 0.2) is 0 Å². The number of ether oxygens (including phenoxy) is 3. The van der Waals surface area contributed by atoms with Crippen molar-refractivity contribution < 1.29 is 23.8 Å². The zero-order valence-corrected chi connectivity index (χ0v) is 10.9. The van der Waals surface area contributed by atoms with Gasteiger partial charge in [0.25, 0.3) is 5.79 Å². The molecule has 0 unspecified atom stereocenters. The molecule has 94 valence electrons. The molecule has 0 bridgehead atoms. The van der Waals surface area contributed by atoms with Gasteiger partial charge in [-0.3, -0.25) is 4.79 Å². The van der Waals surface area contributed by atoms with Crippen LogP contribution in [0.25, 0.3) is 0 Å². The highest BCUT2D eigenvalue weighted by atomic mass is 32.2. The Bertz CT molecular complexity index is 239. The highest BCUT2D eigenvalue weighted by Gasteiger charge is 2.26. The van der Waals surface area contributed by atoms with Crippen LogP contribution in [0.2, 0.25) is 0 Å². The molecule has 0 N–H and O–H groups in total. The monoisotopic (exact) mass is 250 g/mol. The van der Waals surface area contributed by atoms with E-state index in [1.165, 1.54) is 13.8 Å². The van der Waals surface area contributed by atoms with Gasteiger partial charge in [0, 0.05) is 33.1 Å². The first-order valence-corrected chi connectivity index (χ1v) is 5.96. The fraction of sp³-hybridized carbons (Fsp3) is 0.800. The van der Waals surface area contributed by atoms with E-state index < -0.39 is 17.1 Å². The third kappa shape index (κ3) is 7.53. The Labute approximate surface area is 99.8 Å². The minimum atomic E-state index is -1.22. The van der Waals surface area contributed by atoms with E-state index in [1.54, 1.807) is 14.0 Å². The Morgan fingerprint density at radius 2 is 1.88 bits per heavy atom. The zero-order valence-electron chi connectivity index (χ0n) is 10.1. The van der Waals surface area contributed by atoms with Gasteiger partial charge in [0.2, 0.25) is 0 Å². The lowest BCUT2D eigenvalue weighted by atomic mass is 10.4. The second-order valence-electron chi connectivity index (χ2n) is 3.42. The lowest BCUT2D eigenvalue weighted by Crippen LogP contribution is -2.32. The number of hydrogen-bond acceptors (Lipinski definition) is 6. The summed E-state index contributed by atoms with van der Waals surface area (Å²) in [4.78, 5) is 22.3. The van der Waals surface area contributed by atoms with E-state index in [1.807, 2.05) is 0 Å². The summed E-state index contributed by atoms with van der Waals surface area (Å²) in [6.07, 6.45) is 0.248. The van der Waals surface area contributed by atoms with Gasteiger partial charge in [0.05, 0.1) is 6.61 Å². The number of hydrogen-bond donors (Lipinski definition) is 0. The van der Waals surface area contributed by atoms with Crippen LogP contribution in [0.4, 0.5) is 4.79 Å². The maximum atomic E-state index is 11.3. The first kappa shape index (κ1) is 15.2. The van der Waals surface area contributed by atoms with Gasteiger partial charge < -0.3 is 14.2 Å². The molecule has 0 aliphatic heterocycles. The summed E-state index contributed by atoms with van der Waals surface area (Å²) in [5.74, 6) is -1.11. The van der Waals surface area contributed by atoms with Crippen LogP contribution in [-0.4, -0.2) is 36.5 Å². The summed E-state index contributed by atoms with van der Waals surface area (Å²) in [7, 11) is 1.55. The van der Waals surface area contributed by atoms with Crippen molar-refractivity contribution in [3.63, 3.8) is 0 Å². The Kier molecular flexibility index (Phi) is 7.16. The summed E-state index contributed by atoms with van der Waals surface area (Å²) in [6, 6.07) is 0. The largest absolute Gasteiger partial charge is 0.423 e. The van der Waals surface area contributed by atoms with Gasteiger partial charge in [-0.2, -0.15) is 0 Å². The molecule has 6 heteroatoms. The summed E-state index contributed by atoms with van der Waals surface area (Å²) >= 11 is 0.985. The molecule has 0 aromatic carbocycles. The van der Waals surface area contributed by atoms with Gasteiger partial charge in [-0.1, -0.05) is 6.92 Å². The Morgan fingerprint density at radius 3 is 2.38 bits per heavy atom. The number of thioether (sulfide) groups is 1. The van der Waals surface area contributed by atoms with Crippen LogP contribution in [0.3, 0.4) is 0 Å². The number of methoxy groups -OCH3 is 1. The van der Waals surface area contributed by atoms with Crippen molar-refractivity contribution in [1.82, 2.24) is 0 Å². The molecule has 0 atom stereocenters. The maximum Gasteiger partial charge on any atom is 0.370 e. The summed E-state index contributed by atoms with van der Waals surface area (Å²) < 4.78 is 14.7. The Hall–Kier alpha value is -0.750. The molecule has 0 aliphatic carbocycles. The van der Waals surface area contributed by atoms with E-state index in [0.717, 1.165) is 11.8 Å². The smallest absolute Gasteiger partial charge is 0.370 e. The first-order chi connectivity index (χ1) is 7.41. The summed E-state index contributed by atoms with van der Waals surface area (Å²) in [5.41, 5.74) is 0. The SMILES string of the molecule is CCC(=O)OC(C)(C)OC(=O)SCCOC. The number of carbonyl (C=O) groups excluding carboxylic acids is 2. The van der Waals surface area contributed by atoms with E-state index in [0.29, 0.717) is 12.4 Å². The highest BCUT2D eigenvalue weighted by molar-refractivity contribution is 8.13. The number of rotatable bonds is 6. The molecular weight excluding hydrogens is 232 g/mol. The Morgan fingerprint density at radius 1 is 1.25 bits per heavy atom. The number of esters is 1. The zero-order chi connectivity index (χ0) is 12.6. The fourth-order valence-corrected chi connectivity index (χ4v) is 1.48. The Balaban J connectivity index is 3.95. The van der Waals surface area contributed by atoms with Crippen LogP contribution in [-0.2, 0) is 19.0 Å². The van der Waals surface area contributed by atoms with Crippen LogP contribution in [0, 0.1) is 0 Å². The van der Waals surface area contributed by atoms with Crippen LogP contribution in [0.5, 0.6) is 0 Å². The van der Waals surface area contributed by atoms with E-state index in [2.05, 4.69) is 0 Å². The molecule has 0 aromatic rings. The van der Waals surface area contributed by atoms with Gasteiger partial charge in [-0.05, 0) is 11.8 Å². The molecule has 0 spiro atoms. The van der Waals surface area contributed by atoms with Crippen molar-refractivity contribution in [2.24, 2.45) is 0 Å². The molecule has 0 rings (SSSR count). The highest BCUT2D eigenvalue weighted by Crippen LogP contribution is 2.17. The molecule has 16 heavy (non-hydrogen) atoms. The topological polar surface area (TPSA) is 61.8 Å². The molecule has 0 saturated heterocycles. The van der Waals surface area contributed by atoms with E-state index in [4.69, 9.17) is 14.2 Å². The summed E-state index contributed by atoms with van der Waals surface area (Å²) in [6.45, 7) is 5.19. The molecule has 0 aromatic heterocycles. The fourth-order valence-electron chi connectivity index (χ4n) is 0.806. The molecule has 0 saturated carbocycles. The quantitative estimate of drug-likeness (QED) is 0.409. The standard InChI is InChI=1S/C10H18O5S/c1-5-8(11)14-10(2,3)15-9(12)16-7-6-13-4/h5-7H2,1-4H3.